The van der Waals surface area contributed by atoms with Crippen LogP contribution in [0.25, 0.3) is 11.0 Å². The number of fused-ring (bicyclic) bond motifs is 2. The quantitative estimate of drug-likeness (QED) is 0.257. The maximum atomic E-state index is 14.0. The Morgan fingerprint density at radius 3 is 2.59 bits per heavy atom. The minimum Gasteiger partial charge on any atom is -0.494 e. The molecular weight excluding hydrogens is 516 g/mol. The average Bonchev–Trinajstić information content (AvgIpc) is 3.42. The molecule has 2 aromatic carbocycles. The first-order valence-corrected chi connectivity index (χ1v) is 13.6. The fourth-order valence-corrected chi connectivity index (χ4v) is 5.71. The third-order valence-corrected chi connectivity index (χ3v) is 8.12. The normalized spacial score (nSPS) is 14.8. The number of hydrogen-bond donors (Lipinski definition) is 0. The predicted octanol–water partition coefficient (Wildman–Crippen LogP) is 6.14. The van der Waals surface area contributed by atoms with Crippen molar-refractivity contribution in [1.82, 2.24) is 4.98 Å². The first-order valence-electron chi connectivity index (χ1n) is 12.8. The number of esters is 1. The zero-order valence-corrected chi connectivity index (χ0v) is 23.6. The number of hydrogen-bond acceptors (Lipinski definition) is 8. The molecule has 4 aromatic rings. The number of nitrogens with zero attached hydrogens (tertiary/aromatic N) is 2. The van der Waals surface area contributed by atoms with Crippen LogP contribution in [0, 0.1) is 26.7 Å². The summed E-state index contributed by atoms with van der Waals surface area (Å²) < 4.78 is 17.0. The number of anilines is 1. The molecule has 1 atom stereocenters. The molecule has 0 fully saturated rings. The van der Waals surface area contributed by atoms with Crippen LogP contribution in [0.3, 0.4) is 0 Å². The first-order chi connectivity index (χ1) is 18.6. The van der Waals surface area contributed by atoms with E-state index in [0.29, 0.717) is 40.5 Å². The minimum atomic E-state index is -0.820. The van der Waals surface area contributed by atoms with E-state index in [-0.39, 0.29) is 26.8 Å². The van der Waals surface area contributed by atoms with Crippen molar-refractivity contribution in [3.05, 3.63) is 85.2 Å². The number of carbonyl (C=O) groups excluding carboxylic acids is 2. The summed E-state index contributed by atoms with van der Waals surface area (Å²) in [6.45, 7) is 10.3. The Morgan fingerprint density at radius 2 is 1.87 bits per heavy atom. The number of ether oxygens (including phenoxy) is 2. The van der Waals surface area contributed by atoms with Crippen molar-refractivity contribution in [3.8, 4) is 5.75 Å². The largest absolute Gasteiger partial charge is 0.494 e. The Labute approximate surface area is 230 Å². The Hall–Kier alpha value is -3.98. The summed E-state index contributed by atoms with van der Waals surface area (Å²) in [7, 11) is 1.30. The van der Waals surface area contributed by atoms with Crippen molar-refractivity contribution >= 4 is 39.3 Å². The van der Waals surface area contributed by atoms with Crippen molar-refractivity contribution in [2.75, 3.05) is 18.6 Å². The summed E-state index contributed by atoms with van der Waals surface area (Å²) in [5.41, 5.74) is 3.33. The highest BCUT2D eigenvalue weighted by molar-refractivity contribution is 7.17. The van der Waals surface area contributed by atoms with Gasteiger partial charge in [-0.2, -0.15) is 0 Å². The lowest BCUT2D eigenvalue weighted by Crippen LogP contribution is -2.29. The molecule has 5 rings (SSSR count). The molecular formula is C30H30N2O6S. The highest BCUT2D eigenvalue weighted by Crippen LogP contribution is 2.44. The molecule has 0 radical (unpaired) electrons. The molecule has 9 heteroatoms. The van der Waals surface area contributed by atoms with E-state index in [1.807, 2.05) is 38.1 Å². The van der Waals surface area contributed by atoms with Crippen LogP contribution in [-0.4, -0.2) is 30.6 Å². The molecule has 0 N–H and O–H groups in total. The molecule has 2 aromatic heterocycles. The molecule has 0 spiro atoms. The van der Waals surface area contributed by atoms with Gasteiger partial charge in [-0.05, 0) is 74.1 Å². The van der Waals surface area contributed by atoms with E-state index >= 15 is 0 Å². The lowest BCUT2D eigenvalue weighted by atomic mass is 9.97. The van der Waals surface area contributed by atoms with Gasteiger partial charge in [0.25, 0.3) is 5.91 Å². The molecule has 1 unspecified atom stereocenters. The number of benzene rings is 2. The molecule has 3 heterocycles. The first kappa shape index (κ1) is 26.6. The van der Waals surface area contributed by atoms with E-state index in [1.165, 1.54) is 12.0 Å². The molecule has 1 amide bonds. The topological polar surface area (TPSA) is 98.9 Å². The van der Waals surface area contributed by atoms with Crippen LogP contribution in [0.1, 0.15) is 74.5 Å². The van der Waals surface area contributed by atoms with Gasteiger partial charge in [-0.15, -0.1) is 0 Å². The van der Waals surface area contributed by atoms with Gasteiger partial charge in [-0.3, -0.25) is 14.5 Å². The van der Waals surface area contributed by atoms with Crippen LogP contribution in [0.15, 0.2) is 45.6 Å². The summed E-state index contributed by atoms with van der Waals surface area (Å²) >= 11 is 1.04. The number of carbonyl (C=O) groups is 2. The SMILES string of the molecule is COC(=O)c1sc(N2C(=O)c3oc4cc(C)c(C)cc4c(=O)c3C2c2cccc(OCCC(C)C)c2)nc1C. The van der Waals surface area contributed by atoms with Crippen LogP contribution in [0.2, 0.25) is 0 Å². The zero-order valence-electron chi connectivity index (χ0n) is 22.8. The standard InChI is InChI=1S/C30H30N2O6S/c1-15(2)10-11-37-20-9-7-8-19(14-20)24-23-25(33)21-12-16(3)17(4)13-22(21)38-26(23)28(34)32(24)30-31-18(5)27(39-30)29(35)36-6/h7-9,12-15,24H,10-11H2,1-6H3. The number of aromatic nitrogens is 1. The van der Waals surface area contributed by atoms with E-state index in [9.17, 15) is 14.4 Å². The second-order valence-corrected chi connectivity index (χ2v) is 11.2. The van der Waals surface area contributed by atoms with Gasteiger partial charge in [-0.1, -0.05) is 37.3 Å². The average molecular weight is 547 g/mol. The Balaban J connectivity index is 1.71. The summed E-state index contributed by atoms with van der Waals surface area (Å²) in [6.07, 6.45) is 0.893. The van der Waals surface area contributed by atoms with Gasteiger partial charge in [0.15, 0.2) is 10.6 Å². The van der Waals surface area contributed by atoms with Crippen LogP contribution in [0.5, 0.6) is 5.75 Å². The van der Waals surface area contributed by atoms with Crippen molar-refractivity contribution in [3.63, 3.8) is 0 Å². The van der Waals surface area contributed by atoms with Gasteiger partial charge in [0.2, 0.25) is 5.76 Å². The molecule has 0 aliphatic carbocycles. The third kappa shape index (κ3) is 4.71. The van der Waals surface area contributed by atoms with Crippen molar-refractivity contribution in [2.45, 2.75) is 47.1 Å². The predicted molar refractivity (Wildman–Crippen MR) is 150 cm³/mol. The molecule has 1 aliphatic rings. The number of rotatable bonds is 7. The number of methoxy groups -OCH3 is 1. The molecule has 0 saturated heterocycles. The van der Waals surface area contributed by atoms with Gasteiger partial charge in [0, 0.05) is 0 Å². The summed E-state index contributed by atoms with van der Waals surface area (Å²) in [5.74, 6) is 0.0626. The lowest BCUT2D eigenvalue weighted by molar-refractivity contribution is 0.0605. The van der Waals surface area contributed by atoms with E-state index < -0.39 is 17.9 Å². The van der Waals surface area contributed by atoms with Crippen molar-refractivity contribution in [1.29, 1.82) is 0 Å². The van der Waals surface area contributed by atoms with Gasteiger partial charge >= 0.3 is 5.97 Å². The monoisotopic (exact) mass is 546 g/mol. The second kappa shape index (κ2) is 10.3. The molecule has 0 bridgehead atoms. The van der Waals surface area contributed by atoms with E-state index in [4.69, 9.17) is 13.9 Å². The molecule has 39 heavy (non-hydrogen) atoms. The lowest BCUT2D eigenvalue weighted by Gasteiger charge is -2.23. The van der Waals surface area contributed by atoms with Gasteiger partial charge in [0.1, 0.15) is 16.2 Å². The fraction of sp³-hybridized carbons (Fsp3) is 0.333. The maximum absolute atomic E-state index is 14.0. The molecule has 0 saturated carbocycles. The highest BCUT2D eigenvalue weighted by atomic mass is 32.1. The van der Waals surface area contributed by atoms with E-state index in [2.05, 4.69) is 18.8 Å². The maximum Gasteiger partial charge on any atom is 0.350 e. The Morgan fingerprint density at radius 1 is 1.13 bits per heavy atom. The van der Waals surface area contributed by atoms with E-state index in [0.717, 1.165) is 28.9 Å². The number of thiazole rings is 1. The zero-order chi connectivity index (χ0) is 28.0. The molecule has 1 aliphatic heterocycles. The van der Waals surface area contributed by atoms with Crippen molar-refractivity contribution in [2.24, 2.45) is 5.92 Å². The van der Waals surface area contributed by atoms with Gasteiger partial charge < -0.3 is 13.9 Å². The van der Waals surface area contributed by atoms with Gasteiger partial charge in [0.05, 0.1) is 36.4 Å². The second-order valence-electron chi connectivity index (χ2n) is 10.2. The summed E-state index contributed by atoms with van der Waals surface area (Å²) in [6, 6.07) is 10.1. The Kier molecular flexibility index (Phi) is 7.03. The molecule has 202 valence electrons. The van der Waals surface area contributed by atoms with E-state index in [1.54, 1.807) is 19.1 Å². The fourth-order valence-electron chi connectivity index (χ4n) is 4.69. The highest BCUT2D eigenvalue weighted by Gasteiger charge is 2.45. The third-order valence-electron chi connectivity index (χ3n) is 6.99. The summed E-state index contributed by atoms with van der Waals surface area (Å²) in [5, 5.41) is 0.683. The van der Waals surface area contributed by atoms with Crippen LogP contribution < -0.4 is 15.1 Å². The number of amides is 1. The van der Waals surface area contributed by atoms with Crippen LogP contribution >= 0.6 is 11.3 Å². The number of aryl methyl sites for hydroxylation is 3. The van der Waals surface area contributed by atoms with Crippen molar-refractivity contribution < 1.29 is 23.5 Å². The van der Waals surface area contributed by atoms with Crippen LogP contribution in [-0.2, 0) is 4.74 Å². The molecule has 8 nitrogen and oxygen atoms in total. The Bertz CT molecular complexity index is 1670. The van der Waals surface area contributed by atoms with Crippen LogP contribution in [0.4, 0.5) is 5.13 Å². The smallest absolute Gasteiger partial charge is 0.350 e. The summed E-state index contributed by atoms with van der Waals surface area (Å²) in [4.78, 5) is 46.5. The van der Waals surface area contributed by atoms with Gasteiger partial charge in [-0.25, -0.2) is 9.78 Å². The minimum absolute atomic E-state index is 0.0284.